The van der Waals surface area contributed by atoms with Gasteiger partial charge in [0, 0.05) is 41.7 Å². The first-order valence-electron chi connectivity index (χ1n) is 15.8. The van der Waals surface area contributed by atoms with Crippen LogP contribution in [0.4, 0.5) is 10.1 Å². The van der Waals surface area contributed by atoms with E-state index in [0.717, 1.165) is 19.6 Å². The van der Waals surface area contributed by atoms with Gasteiger partial charge < -0.3 is 15.0 Å². The van der Waals surface area contributed by atoms with E-state index < -0.39 is 5.82 Å². The first kappa shape index (κ1) is 29.4. The molecule has 2 aromatic carbocycles. The van der Waals surface area contributed by atoms with E-state index in [1.54, 1.807) is 30.7 Å². The summed E-state index contributed by atoms with van der Waals surface area (Å²) < 4.78 is 20.8. The average molecular weight is 640 g/mol. The molecule has 1 aliphatic heterocycles. The number of ether oxygens (including phenoxy) is 1. The Balaban J connectivity index is 1.08. The van der Waals surface area contributed by atoms with Gasteiger partial charge in [0.15, 0.2) is 17.2 Å². The molecule has 1 aliphatic rings. The third-order valence-electron chi connectivity index (χ3n) is 8.40. The zero-order chi connectivity index (χ0) is 32.5. The van der Waals surface area contributed by atoms with Gasteiger partial charge in [-0.05, 0) is 80.0 Å². The molecule has 12 heteroatoms. The maximum Gasteiger partial charge on any atom is 0.255 e. The molecule has 0 radical (unpaired) electrons. The fraction of sp³-hybridized carbons (Fsp3) is 0.167. The third-order valence-corrected chi connectivity index (χ3v) is 8.40. The summed E-state index contributed by atoms with van der Waals surface area (Å²) in [5.74, 6) is 0.310. The number of carbonyl (C=O) groups excluding carboxylic acids is 1. The van der Waals surface area contributed by atoms with E-state index in [-0.39, 0.29) is 5.91 Å². The summed E-state index contributed by atoms with van der Waals surface area (Å²) in [6, 6.07) is 21.1. The zero-order valence-corrected chi connectivity index (χ0v) is 25.8. The van der Waals surface area contributed by atoms with E-state index >= 15 is 0 Å². The van der Waals surface area contributed by atoms with E-state index in [9.17, 15) is 9.18 Å². The topological polar surface area (TPSA) is 138 Å². The first-order chi connectivity index (χ1) is 23.6. The lowest BCUT2D eigenvalue weighted by molar-refractivity contribution is 0.102. The molecule has 7 aromatic rings. The second kappa shape index (κ2) is 12.6. The van der Waals surface area contributed by atoms with Crippen molar-refractivity contribution in [2.24, 2.45) is 0 Å². The van der Waals surface area contributed by atoms with Crippen LogP contribution in [-0.2, 0) is 0 Å². The number of aromatic amines is 2. The Bertz CT molecular complexity index is 2260. The number of halogens is 1. The molecule has 5 aromatic heterocycles. The Morgan fingerprint density at radius 2 is 1.81 bits per heavy atom. The van der Waals surface area contributed by atoms with Gasteiger partial charge in [-0.2, -0.15) is 5.10 Å². The largest absolute Gasteiger partial charge is 0.492 e. The van der Waals surface area contributed by atoms with Crippen molar-refractivity contribution in [3.05, 3.63) is 103 Å². The summed E-state index contributed by atoms with van der Waals surface area (Å²) in [7, 11) is 0. The first-order valence-corrected chi connectivity index (χ1v) is 15.8. The molecular weight excluding hydrogens is 609 g/mol. The summed E-state index contributed by atoms with van der Waals surface area (Å²) in [5, 5.41) is 10.4. The molecular formula is C36H30FN9O2. The van der Waals surface area contributed by atoms with Crippen LogP contribution >= 0.6 is 0 Å². The van der Waals surface area contributed by atoms with Gasteiger partial charge in [-0.25, -0.2) is 19.3 Å². The van der Waals surface area contributed by atoms with Gasteiger partial charge in [-0.1, -0.05) is 18.2 Å². The Morgan fingerprint density at radius 3 is 2.69 bits per heavy atom. The highest BCUT2D eigenvalue weighted by molar-refractivity contribution is 6.04. The van der Waals surface area contributed by atoms with Crippen molar-refractivity contribution in [2.45, 2.75) is 12.8 Å². The van der Waals surface area contributed by atoms with Crippen LogP contribution in [0.5, 0.6) is 5.75 Å². The number of likely N-dealkylation sites (tertiary alicyclic amines) is 1. The molecule has 0 aliphatic carbocycles. The molecule has 1 amide bonds. The predicted molar refractivity (Wildman–Crippen MR) is 181 cm³/mol. The van der Waals surface area contributed by atoms with Crippen LogP contribution in [0, 0.1) is 5.82 Å². The fourth-order valence-electron chi connectivity index (χ4n) is 6.02. The predicted octanol–water partition coefficient (Wildman–Crippen LogP) is 6.49. The Labute approximate surface area is 274 Å². The number of imidazole rings is 1. The van der Waals surface area contributed by atoms with Crippen molar-refractivity contribution in [1.29, 1.82) is 0 Å². The van der Waals surface area contributed by atoms with E-state index in [2.05, 4.69) is 35.4 Å². The number of rotatable bonds is 9. The number of anilines is 1. The van der Waals surface area contributed by atoms with Gasteiger partial charge in [0.1, 0.15) is 29.2 Å². The van der Waals surface area contributed by atoms with Crippen molar-refractivity contribution in [3.63, 3.8) is 0 Å². The highest BCUT2D eigenvalue weighted by Crippen LogP contribution is 2.33. The zero-order valence-electron chi connectivity index (χ0n) is 25.8. The van der Waals surface area contributed by atoms with Gasteiger partial charge in [0.25, 0.3) is 5.91 Å². The van der Waals surface area contributed by atoms with Crippen molar-refractivity contribution in [3.8, 4) is 39.7 Å². The van der Waals surface area contributed by atoms with Crippen LogP contribution in [0.25, 0.3) is 56.1 Å². The minimum Gasteiger partial charge on any atom is -0.492 e. The molecule has 0 bridgehead atoms. The van der Waals surface area contributed by atoms with Gasteiger partial charge in [0.05, 0.1) is 23.1 Å². The van der Waals surface area contributed by atoms with Gasteiger partial charge >= 0.3 is 0 Å². The molecule has 6 heterocycles. The average Bonchev–Trinajstić information content (AvgIpc) is 3.88. The number of pyridine rings is 3. The third kappa shape index (κ3) is 5.96. The lowest BCUT2D eigenvalue weighted by Crippen LogP contribution is -2.25. The molecule has 1 fully saturated rings. The summed E-state index contributed by atoms with van der Waals surface area (Å²) in [6.45, 7) is 3.46. The highest BCUT2D eigenvalue weighted by atomic mass is 19.1. The summed E-state index contributed by atoms with van der Waals surface area (Å²) in [6.07, 6.45) is 7.36. The molecule has 238 valence electrons. The number of amides is 1. The molecule has 0 saturated carbocycles. The van der Waals surface area contributed by atoms with Crippen molar-refractivity contribution in [1.82, 2.24) is 40.0 Å². The number of carbonyl (C=O) groups is 1. The SMILES string of the molecule is O=C(Nc1cncc(-c2ccc3[nH]nc(-c4nc5c(-c6cc(F)cc(OCCN7CCCC7)c6)ccnc5[nH]4)c3n2)c1)c1ccccc1. The molecule has 0 atom stereocenters. The Kier molecular flexibility index (Phi) is 7.75. The van der Waals surface area contributed by atoms with E-state index in [0.29, 0.717) is 79.7 Å². The lowest BCUT2D eigenvalue weighted by Gasteiger charge is -2.15. The molecule has 1 saturated heterocycles. The number of H-pyrrole nitrogens is 2. The number of nitrogens with one attached hydrogen (secondary N) is 3. The van der Waals surface area contributed by atoms with Crippen LogP contribution in [-0.4, -0.2) is 72.2 Å². The second-order valence-electron chi connectivity index (χ2n) is 11.7. The molecule has 0 unspecified atom stereocenters. The molecule has 3 N–H and O–H groups in total. The number of aromatic nitrogens is 7. The number of hydrogen-bond acceptors (Lipinski definition) is 8. The van der Waals surface area contributed by atoms with Crippen LogP contribution in [0.1, 0.15) is 23.2 Å². The highest BCUT2D eigenvalue weighted by Gasteiger charge is 2.19. The number of nitrogens with zero attached hydrogens (tertiary/aromatic N) is 6. The number of hydrogen-bond donors (Lipinski definition) is 3. The van der Waals surface area contributed by atoms with Crippen LogP contribution in [0.3, 0.4) is 0 Å². The normalized spacial score (nSPS) is 13.4. The lowest BCUT2D eigenvalue weighted by atomic mass is 10.1. The molecule has 11 nitrogen and oxygen atoms in total. The van der Waals surface area contributed by atoms with Gasteiger partial charge in [-0.15, -0.1) is 0 Å². The monoisotopic (exact) mass is 639 g/mol. The standard InChI is InChI=1S/C36H30FN9O2/c37-25-16-23(18-27(19-25)48-15-14-46-12-4-5-13-46)28-10-11-39-34-31(28)42-35(43-34)33-32-30(44-45-33)9-8-29(41-32)24-17-26(21-38-20-24)40-36(47)22-6-2-1-3-7-22/h1-3,6-11,16-21H,4-5,12-15H2,(H,40,47)(H,44,45)(H,39,42,43). The molecule has 8 rings (SSSR count). The van der Waals surface area contributed by atoms with Crippen LogP contribution in [0.15, 0.2) is 91.4 Å². The maximum absolute atomic E-state index is 14.8. The fourth-order valence-corrected chi connectivity index (χ4v) is 6.02. The summed E-state index contributed by atoms with van der Waals surface area (Å²) in [4.78, 5) is 36.9. The molecule has 0 spiro atoms. The minimum absolute atomic E-state index is 0.229. The van der Waals surface area contributed by atoms with Crippen molar-refractivity contribution in [2.75, 3.05) is 31.6 Å². The van der Waals surface area contributed by atoms with Crippen molar-refractivity contribution >= 4 is 33.8 Å². The Hall–Kier alpha value is -6.01. The summed E-state index contributed by atoms with van der Waals surface area (Å²) in [5.41, 5.74) is 6.70. The smallest absolute Gasteiger partial charge is 0.255 e. The van der Waals surface area contributed by atoms with E-state index in [1.807, 2.05) is 48.5 Å². The van der Waals surface area contributed by atoms with Crippen molar-refractivity contribution < 1.29 is 13.9 Å². The van der Waals surface area contributed by atoms with Crippen LogP contribution < -0.4 is 10.1 Å². The van der Waals surface area contributed by atoms with Gasteiger partial charge in [0.2, 0.25) is 0 Å². The molecule has 48 heavy (non-hydrogen) atoms. The van der Waals surface area contributed by atoms with Gasteiger partial charge in [-0.3, -0.25) is 19.8 Å². The minimum atomic E-state index is -0.391. The maximum atomic E-state index is 14.8. The quantitative estimate of drug-likeness (QED) is 0.163. The number of fused-ring (bicyclic) bond motifs is 2. The summed E-state index contributed by atoms with van der Waals surface area (Å²) >= 11 is 0. The number of benzene rings is 2. The Morgan fingerprint density at radius 1 is 0.938 bits per heavy atom. The van der Waals surface area contributed by atoms with Crippen LogP contribution in [0.2, 0.25) is 0 Å². The van der Waals surface area contributed by atoms with E-state index in [1.165, 1.54) is 25.0 Å². The van der Waals surface area contributed by atoms with E-state index in [4.69, 9.17) is 14.7 Å². The second-order valence-corrected chi connectivity index (χ2v) is 11.7.